The fraction of sp³-hybridized carbons (Fsp3) is 0.154. The van der Waals surface area contributed by atoms with E-state index in [1.54, 1.807) is 0 Å². The van der Waals surface area contributed by atoms with Crippen LogP contribution in [0.3, 0.4) is 0 Å². The molecule has 0 aliphatic heterocycles. The molecule has 0 amide bonds. The van der Waals surface area contributed by atoms with Crippen LogP contribution in [0.2, 0.25) is 0 Å². The van der Waals surface area contributed by atoms with Crippen LogP contribution in [0.1, 0.15) is 21.7 Å². The molecule has 0 saturated heterocycles. The fourth-order valence-corrected chi connectivity index (χ4v) is 3.15. The topological polar surface area (TPSA) is 42.9 Å². The van der Waals surface area contributed by atoms with Crippen LogP contribution >= 0.6 is 34.4 Å². The van der Waals surface area contributed by atoms with Gasteiger partial charge in [0.25, 0.3) is 0 Å². The number of hydrogen-bond acceptors (Lipinski definition) is 4. The zero-order valence-electron chi connectivity index (χ0n) is 9.98. The molecule has 0 saturated carbocycles. The van der Waals surface area contributed by atoms with Crippen molar-refractivity contribution in [1.29, 1.82) is 0 Å². The van der Waals surface area contributed by atoms with Crippen molar-refractivity contribution >= 4 is 39.5 Å². The lowest BCUT2D eigenvalue weighted by Crippen LogP contribution is -2.00. The van der Waals surface area contributed by atoms with Crippen molar-refractivity contribution in [3.63, 3.8) is 0 Å². The first-order chi connectivity index (χ1) is 8.56. The normalized spacial score (nSPS) is 10.4. The number of thioether (sulfide) groups is 1. The molecule has 5 heteroatoms. The number of aromatic nitrogens is 2. The lowest BCUT2D eigenvalue weighted by Gasteiger charge is -2.03. The average Bonchev–Trinajstić information content (AvgIpc) is 2.27. The highest BCUT2D eigenvalue weighted by Crippen LogP contribution is 2.23. The van der Waals surface area contributed by atoms with Crippen LogP contribution in [-0.4, -0.2) is 15.1 Å². The first-order valence-electron chi connectivity index (χ1n) is 5.35. The third-order valence-corrected chi connectivity index (χ3v) is 3.95. The van der Waals surface area contributed by atoms with Gasteiger partial charge in [-0.15, -0.1) is 0 Å². The van der Waals surface area contributed by atoms with Gasteiger partial charge in [0.05, 0.1) is 0 Å². The summed E-state index contributed by atoms with van der Waals surface area (Å²) >= 11 is 3.23. The van der Waals surface area contributed by atoms with E-state index in [4.69, 9.17) is 0 Å². The highest BCUT2D eigenvalue weighted by Gasteiger charge is 2.13. The molecule has 3 nitrogen and oxygen atoms in total. The van der Waals surface area contributed by atoms with Crippen LogP contribution in [-0.2, 0) is 0 Å². The van der Waals surface area contributed by atoms with E-state index in [0.29, 0.717) is 10.7 Å². The maximum absolute atomic E-state index is 12.1. The molecular weight excluding hydrogens is 359 g/mol. The minimum atomic E-state index is -0.0231. The molecule has 1 aromatic heterocycles. The Balaban J connectivity index is 2.24. The predicted molar refractivity (Wildman–Crippen MR) is 80.9 cm³/mol. The van der Waals surface area contributed by atoms with Crippen molar-refractivity contribution in [1.82, 2.24) is 9.97 Å². The predicted octanol–water partition coefficient (Wildman–Crippen LogP) is 3.63. The molecule has 1 aromatic carbocycles. The summed E-state index contributed by atoms with van der Waals surface area (Å²) in [4.78, 5) is 20.7. The van der Waals surface area contributed by atoms with Gasteiger partial charge in [0, 0.05) is 20.5 Å². The average molecular weight is 370 g/mol. The monoisotopic (exact) mass is 370 g/mol. The largest absolute Gasteiger partial charge is 0.281 e. The smallest absolute Gasteiger partial charge is 0.228 e. The molecule has 0 bridgehead atoms. The summed E-state index contributed by atoms with van der Waals surface area (Å²) in [5, 5.41) is 0.488. The van der Waals surface area contributed by atoms with Gasteiger partial charge in [-0.25, -0.2) is 9.97 Å². The molecule has 92 valence electrons. The third-order valence-electron chi connectivity index (χ3n) is 2.24. The lowest BCUT2D eigenvalue weighted by atomic mass is 10.2. The molecule has 0 fully saturated rings. The quantitative estimate of drug-likeness (QED) is 0.460. The van der Waals surface area contributed by atoms with Crippen molar-refractivity contribution in [3.8, 4) is 0 Å². The van der Waals surface area contributed by atoms with Gasteiger partial charge >= 0.3 is 0 Å². The summed E-state index contributed by atoms with van der Waals surface area (Å²) < 4.78 is 0.942. The maximum Gasteiger partial charge on any atom is 0.228 e. The summed E-state index contributed by atoms with van der Waals surface area (Å²) in [6.45, 7) is 3.80. The number of rotatable bonds is 2. The Morgan fingerprint density at radius 2 is 1.78 bits per heavy atom. The number of hydrogen-bond donors (Lipinski definition) is 0. The molecule has 0 aliphatic carbocycles. The summed E-state index contributed by atoms with van der Waals surface area (Å²) in [5.41, 5.74) is 2.45. The number of halogens is 1. The number of aryl methyl sites for hydroxylation is 2. The van der Waals surface area contributed by atoms with Gasteiger partial charge in [-0.1, -0.05) is 12.1 Å². The summed E-state index contributed by atoms with van der Waals surface area (Å²) in [7, 11) is 0. The van der Waals surface area contributed by atoms with Gasteiger partial charge in [-0.3, -0.25) is 4.79 Å². The van der Waals surface area contributed by atoms with Gasteiger partial charge in [0.15, 0.2) is 5.16 Å². The van der Waals surface area contributed by atoms with Crippen LogP contribution in [0.5, 0.6) is 0 Å². The SMILES string of the molecule is Cc1cc(C)nc(SC(=O)c2ccccc2I)n1. The van der Waals surface area contributed by atoms with E-state index in [9.17, 15) is 4.79 Å². The zero-order valence-corrected chi connectivity index (χ0v) is 12.9. The lowest BCUT2D eigenvalue weighted by molar-refractivity contribution is 0.108. The molecule has 1 heterocycles. The molecule has 0 radical (unpaired) electrons. The van der Waals surface area contributed by atoms with Crippen LogP contribution in [0.4, 0.5) is 0 Å². The molecule has 0 spiro atoms. The van der Waals surface area contributed by atoms with E-state index in [-0.39, 0.29) is 5.12 Å². The minimum Gasteiger partial charge on any atom is -0.281 e. The van der Waals surface area contributed by atoms with Crippen LogP contribution in [0, 0.1) is 17.4 Å². The van der Waals surface area contributed by atoms with Gasteiger partial charge in [-0.2, -0.15) is 0 Å². The second-order valence-corrected chi connectivity index (χ2v) is 5.90. The molecular formula is C13H11IN2OS. The number of benzene rings is 1. The van der Waals surface area contributed by atoms with Crippen molar-refractivity contribution in [2.75, 3.05) is 0 Å². The Kier molecular flexibility index (Phi) is 4.34. The van der Waals surface area contributed by atoms with Crippen molar-refractivity contribution in [3.05, 3.63) is 50.9 Å². The maximum atomic E-state index is 12.1. The first kappa shape index (κ1) is 13.5. The number of carbonyl (C=O) groups is 1. The summed E-state index contributed by atoms with van der Waals surface area (Å²) in [5.74, 6) is 0. The van der Waals surface area contributed by atoms with E-state index in [1.165, 1.54) is 0 Å². The Bertz CT molecular complexity index is 581. The Labute approximate surface area is 124 Å². The van der Waals surface area contributed by atoms with Crippen LogP contribution in [0.25, 0.3) is 0 Å². The number of carbonyl (C=O) groups excluding carboxylic acids is 1. The van der Waals surface area contributed by atoms with E-state index < -0.39 is 0 Å². The minimum absolute atomic E-state index is 0.0231. The Morgan fingerprint density at radius 1 is 1.17 bits per heavy atom. The number of nitrogens with zero attached hydrogens (tertiary/aromatic N) is 2. The van der Waals surface area contributed by atoms with Gasteiger partial charge in [0.1, 0.15) is 0 Å². The standard InChI is InChI=1S/C13H11IN2OS/c1-8-7-9(2)16-13(15-8)18-12(17)10-5-3-4-6-11(10)14/h3-7H,1-2H3. The van der Waals surface area contributed by atoms with E-state index in [1.807, 2.05) is 44.2 Å². The first-order valence-corrected chi connectivity index (χ1v) is 7.25. The highest BCUT2D eigenvalue weighted by molar-refractivity contribution is 14.1. The third kappa shape index (κ3) is 3.29. The molecule has 0 aliphatic rings. The van der Waals surface area contributed by atoms with Gasteiger partial charge < -0.3 is 0 Å². The van der Waals surface area contributed by atoms with E-state index in [2.05, 4.69) is 32.6 Å². The molecule has 0 atom stereocenters. The summed E-state index contributed by atoms with van der Waals surface area (Å²) in [6, 6.07) is 9.39. The van der Waals surface area contributed by atoms with Crippen LogP contribution < -0.4 is 0 Å². The zero-order chi connectivity index (χ0) is 13.1. The second kappa shape index (κ2) is 5.79. The molecule has 18 heavy (non-hydrogen) atoms. The Morgan fingerprint density at radius 3 is 2.39 bits per heavy atom. The van der Waals surface area contributed by atoms with Crippen molar-refractivity contribution in [2.45, 2.75) is 19.0 Å². The Hall–Kier alpha value is -0.950. The van der Waals surface area contributed by atoms with Crippen molar-refractivity contribution in [2.24, 2.45) is 0 Å². The second-order valence-electron chi connectivity index (χ2n) is 3.80. The molecule has 2 rings (SSSR count). The molecule has 0 N–H and O–H groups in total. The molecule has 0 unspecified atom stereocenters. The van der Waals surface area contributed by atoms with Gasteiger partial charge in [0.2, 0.25) is 5.12 Å². The highest BCUT2D eigenvalue weighted by atomic mass is 127. The van der Waals surface area contributed by atoms with Gasteiger partial charge in [-0.05, 0) is 66.4 Å². The summed E-state index contributed by atoms with van der Waals surface area (Å²) in [6.07, 6.45) is 0. The van der Waals surface area contributed by atoms with E-state index in [0.717, 1.165) is 26.7 Å². The van der Waals surface area contributed by atoms with E-state index >= 15 is 0 Å². The fourth-order valence-electron chi connectivity index (χ4n) is 1.50. The van der Waals surface area contributed by atoms with Crippen molar-refractivity contribution < 1.29 is 4.79 Å². The van der Waals surface area contributed by atoms with Crippen LogP contribution in [0.15, 0.2) is 35.5 Å². The molecule has 2 aromatic rings.